The van der Waals surface area contributed by atoms with E-state index in [9.17, 15) is 24.5 Å². The minimum atomic E-state index is -0.942. The van der Waals surface area contributed by atoms with Crippen LogP contribution in [0, 0.1) is 28.9 Å². The van der Waals surface area contributed by atoms with Crippen LogP contribution in [0.15, 0.2) is 77.4 Å². The van der Waals surface area contributed by atoms with Gasteiger partial charge in [0.15, 0.2) is 5.78 Å². The van der Waals surface area contributed by atoms with E-state index < -0.39 is 40.7 Å². The number of fused-ring (bicyclic) bond motifs is 5. The molecule has 0 aliphatic carbocycles. The molecule has 3 aromatic carbocycles. The number of aryl methyl sites for hydroxylation is 1. The normalized spacial score (nSPS) is 23.6. The molecule has 37 heavy (non-hydrogen) atoms. The van der Waals surface area contributed by atoms with Gasteiger partial charge in [0.1, 0.15) is 6.04 Å². The van der Waals surface area contributed by atoms with E-state index in [0.29, 0.717) is 11.1 Å². The predicted octanol–water partition coefficient (Wildman–Crippen LogP) is 5.06. The van der Waals surface area contributed by atoms with Crippen LogP contribution in [0.2, 0.25) is 0 Å². The van der Waals surface area contributed by atoms with Gasteiger partial charge < -0.3 is 4.90 Å². The van der Waals surface area contributed by atoms with Gasteiger partial charge >= 0.3 is 0 Å². The van der Waals surface area contributed by atoms with Crippen molar-refractivity contribution in [3.8, 4) is 0 Å². The van der Waals surface area contributed by atoms with Crippen LogP contribution in [0.3, 0.4) is 0 Å². The van der Waals surface area contributed by atoms with E-state index in [0.717, 1.165) is 20.5 Å². The number of non-ortho nitro benzene ring substituents is 1. The van der Waals surface area contributed by atoms with Crippen LogP contribution in [0.4, 0.5) is 11.4 Å². The van der Waals surface area contributed by atoms with Gasteiger partial charge in [0.2, 0.25) is 11.8 Å². The number of anilines is 1. The van der Waals surface area contributed by atoms with Gasteiger partial charge in [-0.05, 0) is 41.8 Å². The fourth-order valence-electron chi connectivity index (χ4n) is 5.83. The van der Waals surface area contributed by atoms with Gasteiger partial charge in [-0.2, -0.15) is 0 Å². The monoisotopic (exact) mass is 557 g/mol. The van der Waals surface area contributed by atoms with Crippen molar-refractivity contribution >= 4 is 51.0 Å². The Morgan fingerprint density at radius 1 is 0.973 bits per heavy atom. The highest BCUT2D eigenvalue weighted by molar-refractivity contribution is 9.10. The van der Waals surface area contributed by atoms with E-state index in [1.807, 2.05) is 35.2 Å². The SMILES string of the molecule is Cc1ccc([N+](=O)[O-])cc1N1C(=O)C2C(C1=O)C1c3ccccc3C=CN1C2C(=O)c1ccc(Br)cc1. The second kappa shape index (κ2) is 8.48. The molecule has 6 rings (SSSR count). The molecule has 0 radical (unpaired) electrons. The van der Waals surface area contributed by atoms with E-state index in [2.05, 4.69) is 15.9 Å². The molecular weight excluding hydrogens is 538 g/mol. The Balaban J connectivity index is 1.51. The van der Waals surface area contributed by atoms with Gasteiger partial charge in [-0.15, -0.1) is 0 Å². The number of halogens is 1. The zero-order chi connectivity index (χ0) is 26.0. The van der Waals surface area contributed by atoms with E-state index in [-0.39, 0.29) is 17.2 Å². The molecule has 9 heteroatoms. The summed E-state index contributed by atoms with van der Waals surface area (Å²) in [5, 5.41) is 11.4. The van der Waals surface area contributed by atoms with Crippen LogP contribution in [0.1, 0.15) is 33.1 Å². The summed E-state index contributed by atoms with van der Waals surface area (Å²) in [5.74, 6) is -2.99. The first kappa shape index (κ1) is 23.3. The first-order valence-electron chi connectivity index (χ1n) is 11.7. The first-order valence-corrected chi connectivity index (χ1v) is 12.5. The molecule has 3 aliphatic heterocycles. The van der Waals surface area contributed by atoms with Gasteiger partial charge in [0.25, 0.3) is 5.69 Å². The van der Waals surface area contributed by atoms with Crippen molar-refractivity contribution < 1.29 is 19.3 Å². The number of benzene rings is 3. The molecule has 4 unspecified atom stereocenters. The van der Waals surface area contributed by atoms with Crippen molar-refractivity contribution in [2.45, 2.75) is 19.0 Å². The van der Waals surface area contributed by atoms with Crippen LogP contribution in [0.25, 0.3) is 6.08 Å². The summed E-state index contributed by atoms with van der Waals surface area (Å²) < 4.78 is 0.817. The number of rotatable bonds is 4. The molecule has 0 N–H and O–H groups in total. The molecule has 3 heterocycles. The average Bonchev–Trinajstić information content (AvgIpc) is 3.37. The quantitative estimate of drug-likeness (QED) is 0.192. The molecular formula is C28H20BrN3O5. The van der Waals surface area contributed by atoms with Crippen LogP contribution in [-0.4, -0.2) is 33.5 Å². The predicted molar refractivity (Wildman–Crippen MR) is 140 cm³/mol. The molecule has 3 aliphatic rings. The molecule has 0 aromatic heterocycles. The Kier molecular flexibility index (Phi) is 5.34. The second-order valence-electron chi connectivity index (χ2n) is 9.44. The third kappa shape index (κ3) is 3.45. The number of Topliss-reactive ketones (excluding diaryl/α,β-unsaturated/α-hetero) is 1. The van der Waals surface area contributed by atoms with E-state index in [4.69, 9.17) is 0 Å². The number of nitro groups is 1. The Bertz CT molecular complexity index is 1530. The summed E-state index contributed by atoms with van der Waals surface area (Å²) in [5.41, 5.74) is 2.75. The molecule has 0 saturated carbocycles. The molecule has 2 saturated heterocycles. The smallest absolute Gasteiger partial charge is 0.271 e. The number of carbonyl (C=O) groups excluding carboxylic acids is 3. The third-order valence-corrected chi connectivity index (χ3v) is 8.03. The van der Waals surface area contributed by atoms with Crippen molar-refractivity contribution in [1.29, 1.82) is 0 Å². The largest absolute Gasteiger partial charge is 0.358 e. The van der Waals surface area contributed by atoms with Crippen LogP contribution >= 0.6 is 15.9 Å². The lowest BCUT2D eigenvalue weighted by Crippen LogP contribution is -2.44. The lowest BCUT2D eigenvalue weighted by atomic mass is 9.83. The van der Waals surface area contributed by atoms with Crippen molar-refractivity contribution in [3.05, 3.63) is 110 Å². The standard InChI is InChI=1S/C28H20BrN3O5/c1-15-6-11-19(32(36)37)14-21(15)31-27(34)22-23(28(31)35)25(26(33)17-7-9-18(29)10-8-17)30-13-12-16-4-2-3-5-20(16)24(22)30/h2-14,22-25H,1H3. The van der Waals surface area contributed by atoms with Gasteiger partial charge in [0.05, 0.1) is 28.5 Å². The number of hydrogen-bond donors (Lipinski definition) is 0. The number of amides is 2. The van der Waals surface area contributed by atoms with E-state index in [1.165, 1.54) is 18.2 Å². The van der Waals surface area contributed by atoms with Crippen LogP contribution in [-0.2, 0) is 9.59 Å². The first-order chi connectivity index (χ1) is 17.8. The Morgan fingerprint density at radius 3 is 2.41 bits per heavy atom. The van der Waals surface area contributed by atoms with Crippen LogP contribution in [0.5, 0.6) is 0 Å². The minimum absolute atomic E-state index is 0.180. The number of nitro benzene ring substituents is 1. The summed E-state index contributed by atoms with van der Waals surface area (Å²) >= 11 is 3.38. The number of ketones is 1. The molecule has 2 amide bonds. The van der Waals surface area contributed by atoms with Crippen molar-refractivity contribution in [3.63, 3.8) is 0 Å². The fraction of sp³-hybridized carbons (Fsp3) is 0.179. The number of nitrogens with zero attached hydrogens (tertiary/aromatic N) is 3. The van der Waals surface area contributed by atoms with Gasteiger partial charge in [-0.25, -0.2) is 4.90 Å². The van der Waals surface area contributed by atoms with Crippen molar-refractivity contribution in [2.75, 3.05) is 4.90 Å². The third-order valence-electron chi connectivity index (χ3n) is 7.50. The maximum Gasteiger partial charge on any atom is 0.271 e. The fourth-order valence-corrected chi connectivity index (χ4v) is 6.10. The summed E-state index contributed by atoms with van der Waals surface area (Å²) in [4.78, 5) is 55.7. The molecule has 4 atom stereocenters. The molecule has 8 nitrogen and oxygen atoms in total. The number of carbonyl (C=O) groups is 3. The van der Waals surface area contributed by atoms with Gasteiger partial charge in [0, 0.05) is 28.4 Å². The Labute approximate surface area is 220 Å². The van der Waals surface area contributed by atoms with Gasteiger partial charge in [-0.3, -0.25) is 24.5 Å². The molecule has 0 bridgehead atoms. The number of imide groups is 1. The highest BCUT2D eigenvalue weighted by Crippen LogP contribution is 2.54. The summed E-state index contributed by atoms with van der Waals surface area (Å²) in [6.07, 6.45) is 3.70. The van der Waals surface area contributed by atoms with Crippen molar-refractivity contribution in [2.24, 2.45) is 11.8 Å². The minimum Gasteiger partial charge on any atom is -0.358 e. The molecule has 184 valence electrons. The van der Waals surface area contributed by atoms with E-state index >= 15 is 0 Å². The maximum absolute atomic E-state index is 14.0. The maximum atomic E-state index is 14.0. The lowest BCUT2D eigenvalue weighted by Gasteiger charge is -2.35. The zero-order valence-electron chi connectivity index (χ0n) is 19.6. The lowest BCUT2D eigenvalue weighted by molar-refractivity contribution is -0.384. The molecule has 2 fully saturated rings. The van der Waals surface area contributed by atoms with E-state index in [1.54, 1.807) is 37.4 Å². The zero-order valence-corrected chi connectivity index (χ0v) is 21.2. The summed E-state index contributed by atoms with van der Waals surface area (Å²) in [6.45, 7) is 1.70. The number of hydrogen-bond acceptors (Lipinski definition) is 6. The van der Waals surface area contributed by atoms with Crippen LogP contribution < -0.4 is 4.90 Å². The summed E-state index contributed by atoms with van der Waals surface area (Å²) in [7, 11) is 0. The van der Waals surface area contributed by atoms with Gasteiger partial charge in [-0.1, -0.05) is 58.4 Å². The highest BCUT2D eigenvalue weighted by Gasteiger charge is 2.64. The Morgan fingerprint density at radius 2 is 1.68 bits per heavy atom. The molecule has 0 spiro atoms. The highest BCUT2D eigenvalue weighted by atomic mass is 79.9. The van der Waals surface area contributed by atoms with Crippen molar-refractivity contribution in [1.82, 2.24) is 4.90 Å². The Hall–Kier alpha value is -4.11. The summed E-state index contributed by atoms with van der Waals surface area (Å²) in [6, 6.07) is 17.2. The topological polar surface area (TPSA) is 101 Å². The molecule has 3 aromatic rings. The average molecular weight is 558 g/mol. The second-order valence-corrected chi connectivity index (χ2v) is 10.4.